The largest absolute Gasteiger partial charge is 0.631 e. The van der Waals surface area contributed by atoms with Crippen LogP contribution in [0.5, 0.6) is 23.0 Å². The zero-order valence-electron chi connectivity index (χ0n) is 12.7. The molecule has 2 aromatic carbocycles. The van der Waals surface area contributed by atoms with E-state index in [-0.39, 0.29) is 40.2 Å². The molecule has 0 aliphatic carbocycles. The van der Waals surface area contributed by atoms with Crippen LogP contribution in [0.1, 0.15) is 0 Å². The summed E-state index contributed by atoms with van der Waals surface area (Å²) in [5.41, 5.74) is 0. The maximum absolute atomic E-state index is 9.08. The molecule has 0 spiro atoms. The van der Waals surface area contributed by atoms with Gasteiger partial charge in [-0.3, -0.25) is 0 Å². The van der Waals surface area contributed by atoms with Crippen LogP contribution in [0, 0.1) is 0 Å². The van der Waals surface area contributed by atoms with Crippen molar-refractivity contribution in [3.63, 3.8) is 0 Å². The van der Waals surface area contributed by atoms with Crippen LogP contribution >= 0.6 is 92.8 Å². The fourth-order valence-electron chi connectivity index (χ4n) is 1.22. The van der Waals surface area contributed by atoms with Gasteiger partial charge in [-0.15, -0.1) is 0 Å². The molecule has 2 aromatic rings. The first-order chi connectivity index (χ1) is 12.7. The molecule has 0 aliphatic rings. The Kier molecular flexibility index (Phi) is 11.9. The average molecular weight is 558 g/mol. The normalized spacial score (nSPS) is 9.82. The fourth-order valence-corrected chi connectivity index (χ4v) is 2.88. The number of benzene rings is 2. The predicted molar refractivity (Wildman–Crippen MR) is 112 cm³/mol. The van der Waals surface area contributed by atoms with Crippen LogP contribution in [0.25, 0.3) is 0 Å². The van der Waals surface area contributed by atoms with E-state index in [2.05, 4.69) is 0 Å². The third-order valence-electron chi connectivity index (χ3n) is 2.44. The molecule has 7 N–H and O–H groups in total. The molecule has 0 bridgehead atoms. The van der Waals surface area contributed by atoms with Gasteiger partial charge >= 0.3 is 7.32 Å². The van der Waals surface area contributed by atoms with Crippen LogP contribution < -0.4 is 0 Å². The monoisotopic (exact) mass is 554 g/mol. The van der Waals surface area contributed by atoms with Gasteiger partial charge in [-0.25, -0.2) is 0 Å². The van der Waals surface area contributed by atoms with Crippen LogP contribution in [0.2, 0.25) is 40.2 Å². The molecule has 156 valence electrons. The molecule has 0 fully saturated rings. The standard InChI is InChI=1S/2C6H2Cl4O2.BH3O3/c2*7-1-2(8)4(10)6(12)5(11)3(1)9;2-1(3)4/h2*11-12H;2-4H. The third-order valence-corrected chi connectivity index (χ3v) is 6.00. The maximum Gasteiger partial charge on any atom is 0.631 e. The minimum atomic E-state index is -2.17. The Morgan fingerprint density at radius 1 is 0.357 bits per heavy atom. The number of hydrogen-bond donors (Lipinski definition) is 7. The first-order valence-electron chi connectivity index (χ1n) is 6.18. The van der Waals surface area contributed by atoms with Gasteiger partial charge in [0.05, 0.1) is 20.1 Å². The van der Waals surface area contributed by atoms with E-state index >= 15 is 0 Å². The zero-order valence-corrected chi connectivity index (χ0v) is 18.8. The molecule has 7 nitrogen and oxygen atoms in total. The molecule has 0 aliphatic heterocycles. The highest BCUT2D eigenvalue weighted by Crippen LogP contribution is 2.49. The summed E-state index contributed by atoms with van der Waals surface area (Å²) in [5, 5.41) is 56.6. The van der Waals surface area contributed by atoms with E-state index in [1.807, 2.05) is 0 Å². The summed E-state index contributed by atoms with van der Waals surface area (Å²) >= 11 is 44.1. The van der Waals surface area contributed by atoms with Gasteiger partial charge in [-0.1, -0.05) is 92.8 Å². The Balaban J connectivity index is 0.000000439. The lowest BCUT2D eigenvalue weighted by atomic mass is 10.3. The molecule has 0 radical (unpaired) electrons. The van der Waals surface area contributed by atoms with Crippen molar-refractivity contribution >= 4 is 100 Å². The molecule has 0 unspecified atom stereocenters. The smallest absolute Gasteiger partial charge is 0.503 e. The van der Waals surface area contributed by atoms with Crippen LogP contribution in [-0.4, -0.2) is 42.8 Å². The van der Waals surface area contributed by atoms with Crippen molar-refractivity contribution < 1.29 is 35.5 Å². The lowest BCUT2D eigenvalue weighted by molar-refractivity contribution is 0.278. The highest BCUT2D eigenvalue weighted by molar-refractivity contribution is 6.53. The SMILES string of the molecule is OB(O)O.Oc1c(O)c(Cl)c(Cl)c(Cl)c1Cl.Oc1c(O)c(Cl)c(Cl)c(Cl)c1Cl. The summed E-state index contributed by atoms with van der Waals surface area (Å²) in [7, 11) is -2.17. The molecule has 28 heavy (non-hydrogen) atoms. The third kappa shape index (κ3) is 7.00. The van der Waals surface area contributed by atoms with Crippen molar-refractivity contribution in [2.75, 3.05) is 0 Å². The number of rotatable bonds is 0. The van der Waals surface area contributed by atoms with Crippen LogP contribution in [0.4, 0.5) is 0 Å². The molecule has 0 heterocycles. The second-order valence-corrected chi connectivity index (χ2v) is 7.28. The van der Waals surface area contributed by atoms with E-state index < -0.39 is 30.3 Å². The van der Waals surface area contributed by atoms with E-state index in [1.165, 1.54) is 0 Å². The molecule has 0 atom stereocenters. The minimum Gasteiger partial charge on any atom is -0.503 e. The molecule has 0 saturated carbocycles. The van der Waals surface area contributed by atoms with Crippen LogP contribution in [-0.2, 0) is 0 Å². The minimum absolute atomic E-state index is 0.0846. The Morgan fingerprint density at radius 2 is 0.464 bits per heavy atom. The van der Waals surface area contributed by atoms with E-state index in [0.717, 1.165) is 0 Å². The van der Waals surface area contributed by atoms with Gasteiger partial charge in [-0.05, 0) is 0 Å². The fraction of sp³-hybridized carbons (Fsp3) is 0. The quantitative estimate of drug-likeness (QED) is 0.0999. The van der Waals surface area contributed by atoms with Crippen molar-refractivity contribution in [3.8, 4) is 23.0 Å². The van der Waals surface area contributed by atoms with Gasteiger partial charge < -0.3 is 35.5 Å². The lowest BCUT2D eigenvalue weighted by Gasteiger charge is -2.06. The summed E-state index contributed by atoms with van der Waals surface area (Å²) in [6.45, 7) is 0. The molecule has 16 heteroatoms. The lowest BCUT2D eigenvalue weighted by Crippen LogP contribution is -2.07. The molecule has 0 saturated heterocycles. The van der Waals surface area contributed by atoms with Crippen molar-refractivity contribution in [3.05, 3.63) is 40.2 Å². The molecule has 2 rings (SSSR count). The van der Waals surface area contributed by atoms with E-state index in [9.17, 15) is 0 Å². The van der Waals surface area contributed by atoms with Gasteiger partial charge in [0.1, 0.15) is 20.1 Å². The van der Waals surface area contributed by atoms with Gasteiger partial charge in [0.2, 0.25) is 0 Å². The van der Waals surface area contributed by atoms with Gasteiger partial charge in [0, 0.05) is 0 Å². The van der Waals surface area contributed by atoms with Crippen LogP contribution in [0.3, 0.4) is 0 Å². The summed E-state index contributed by atoms with van der Waals surface area (Å²) in [6.07, 6.45) is 0. The average Bonchev–Trinajstić information content (AvgIpc) is 2.64. The van der Waals surface area contributed by atoms with Crippen LogP contribution in [0.15, 0.2) is 0 Å². The Labute approximate surface area is 197 Å². The second kappa shape index (κ2) is 11.9. The molecular formula is C12H7BCl8O7. The number of aromatic hydroxyl groups is 4. The number of phenolic OH excluding ortho intramolecular Hbond substituents is 4. The molecule has 0 aromatic heterocycles. The van der Waals surface area contributed by atoms with E-state index in [1.54, 1.807) is 0 Å². The maximum atomic E-state index is 9.08. The highest BCUT2D eigenvalue weighted by atomic mass is 35.5. The van der Waals surface area contributed by atoms with Gasteiger partial charge in [0.25, 0.3) is 0 Å². The van der Waals surface area contributed by atoms with E-state index in [0.29, 0.717) is 0 Å². The topological polar surface area (TPSA) is 142 Å². The van der Waals surface area contributed by atoms with Crippen molar-refractivity contribution in [2.45, 2.75) is 0 Å². The van der Waals surface area contributed by atoms with Crippen molar-refractivity contribution in [1.82, 2.24) is 0 Å². The number of phenols is 4. The van der Waals surface area contributed by atoms with Gasteiger partial charge in [0.15, 0.2) is 23.0 Å². The van der Waals surface area contributed by atoms with Crippen molar-refractivity contribution in [2.24, 2.45) is 0 Å². The molecular weight excluding hydrogens is 551 g/mol. The first-order valence-corrected chi connectivity index (χ1v) is 9.20. The van der Waals surface area contributed by atoms with Gasteiger partial charge in [-0.2, -0.15) is 0 Å². The summed E-state index contributed by atoms with van der Waals surface area (Å²) in [5.74, 6) is -2.29. The Hall–Kier alpha value is -0.0951. The summed E-state index contributed by atoms with van der Waals surface area (Å²) < 4.78 is 0. The number of hydrogen-bond acceptors (Lipinski definition) is 7. The van der Waals surface area contributed by atoms with E-state index in [4.69, 9.17) is 128 Å². The summed E-state index contributed by atoms with van der Waals surface area (Å²) in [6, 6.07) is 0. The predicted octanol–water partition coefficient (Wildman–Crippen LogP) is 5.37. The highest BCUT2D eigenvalue weighted by Gasteiger charge is 2.19. The zero-order chi connectivity index (χ0) is 22.5. The Bertz CT molecular complexity index is 585. The van der Waals surface area contributed by atoms with Crippen molar-refractivity contribution in [1.29, 1.82) is 0 Å². The molecule has 0 amide bonds. The second-order valence-electron chi connectivity index (χ2n) is 4.25. The first kappa shape index (κ1) is 27.9. The summed E-state index contributed by atoms with van der Waals surface area (Å²) in [4.78, 5) is 0. The Morgan fingerprint density at radius 3 is 0.571 bits per heavy atom. The number of halogens is 8.